The maximum atomic E-state index is 13.1. The van der Waals surface area contributed by atoms with E-state index in [2.05, 4.69) is 5.32 Å². The van der Waals surface area contributed by atoms with Crippen LogP contribution in [0.2, 0.25) is 5.02 Å². The fourth-order valence-electron chi connectivity index (χ4n) is 2.82. The standard InChI is InChI=1S/C17H16ClFN2O3S/c18-14-11-12(19)8-9-15(14)20-17(22)16-7-4-10-21(16)25(23,24)13-5-2-1-3-6-13/h1-3,5-6,8-9,11,16H,4,7,10H2,(H,20,22). The van der Waals surface area contributed by atoms with Crippen LogP contribution in [0.4, 0.5) is 10.1 Å². The topological polar surface area (TPSA) is 66.5 Å². The predicted octanol–water partition coefficient (Wildman–Crippen LogP) is 3.27. The average molecular weight is 383 g/mol. The lowest BCUT2D eigenvalue weighted by Crippen LogP contribution is -2.43. The minimum absolute atomic E-state index is 0.0591. The van der Waals surface area contributed by atoms with Crippen LogP contribution in [0, 0.1) is 5.82 Å². The van der Waals surface area contributed by atoms with Crippen LogP contribution >= 0.6 is 11.6 Å². The van der Waals surface area contributed by atoms with Crippen LogP contribution in [-0.2, 0) is 14.8 Å². The van der Waals surface area contributed by atoms with Crippen molar-refractivity contribution in [3.8, 4) is 0 Å². The van der Waals surface area contributed by atoms with Gasteiger partial charge in [-0.05, 0) is 43.2 Å². The molecule has 25 heavy (non-hydrogen) atoms. The van der Waals surface area contributed by atoms with Crippen molar-refractivity contribution in [2.24, 2.45) is 0 Å². The number of nitrogens with zero attached hydrogens (tertiary/aromatic N) is 1. The molecule has 1 aliphatic heterocycles. The van der Waals surface area contributed by atoms with Crippen molar-refractivity contribution >= 4 is 33.2 Å². The van der Waals surface area contributed by atoms with E-state index in [-0.39, 0.29) is 22.2 Å². The fourth-order valence-corrected chi connectivity index (χ4v) is 4.72. The highest BCUT2D eigenvalue weighted by atomic mass is 35.5. The SMILES string of the molecule is O=C(Nc1ccc(F)cc1Cl)C1CCCN1S(=O)(=O)c1ccccc1. The second kappa shape index (κ2) is 7.11. The first-order valence-corrected chi connectivity index (χ1v) is 9.54. The first-order chi connectivity index (χ1) is 11.9. The van der Waals surface area contributed by atoms with Crippen molar-refractivity contribution in [3.05, 3.63) is 59.4 Å². The lowest BCUT2D eigenvalue weighted by Gasteiger charge is -2.23. The highest BCUT2D eigenvalue weighted by molar-refractivity contribution is 7.89. The molecule has 132 valence electrons. The van der Waals surface area contributed by atoms with E-state index in [1.807, 2.05) is 0 Å². The molecule has 0 saturated carbocycles. The quantitative estimate of drug-likeness (QED) is 0.882. The smallest absolute Gasteiger partial charge is 0.243 e. The van der Waals surface area contributed by atoms with E-state index in [1.165, 1.54) is 28.6 Å². The maximum Gasteiger partial charge on any atom is 0.243 e. The number of rotatable bonds is 4. The second-order valence-electron chi connectivity index (χ2n) is 5.70. The van der Waals surface area contributed by atoms with Gasteiger partial charge in [-0.1, -0.05) is 29.8 Å². The monoisotopic (exact) mass is 382 g/mol. The molecular formula is C17H16ClFN2O3S. The van der Waals surface area contributed by atoms with Gasteiger partial charge in [-0.15, -0.1) is 0 Å². The van der Waals surface area contributed by atoms with E-state index in [0.29, 0.717) is 12.8 Å². The van der Waals surface area contributed by atoms with Crippen molar-refractivity contribution in [3.63, 3.8) is 0 Å². The molecule has 1 amide bonds. The minimum atomic E-state index is -3.76. The third-order valence-electron chi connectivity index (χ3n) is 4.05. The lowest BCUT2D eigenvalue weighted by molar-refractivity contribution is -0.119. The molecule has 5 nitrogen and oxygen atoms in total. The van der Waals surface area contributed by atoms with Gasteiger partial charge in [-0.25, -0.2) is 12.8 Å². The lowest BCUT2D eigenvalue weighted by atomic mass is 10.2. The zero-order valence-electron chi connectivity index (χ0n) is 13.2. The number of hydrogen-bond acceptors (Lipinski definition) is 3. The highest BCUT2D eigenvalue weighted by Gasteiger charge is 2.39. The van der Waals surface area contributed by atoms with Crippen LogP contribution in [0.1, 0.15) is 12.8 Å². The Balaban J connectivity index is 1.83. The summed E-state index contributed by atoms with van der Waals surface area (Å²) in [6, 6.07) is 10.8. The van der Waals surface area contributed by atoms with Crippen LogP contribution in [0.5, 0.6) is 0 Å². The Kier molecular flexibility index (Phi) is 5.08. The Bertz CT molecular complexity index is 890. The van der Waals surface area contributed by atoms with Crippen molar-refractivity contribution in [2.75, 3.05) is 11.9 Å². The molecule has 1 heterocycles. The zero-order chi connectivity index (χ0) is 18.0. The van der Waals surface area contributed by atoms with Gasteiger partial charge in [-0.3, -0.25) is 4.79 Å². The van der Waals surface area contributed by atoms with Crippen LogP contribution in [0.3, 0.4) is 0 Å². The summed E-state index contributed by atoms with van der Waals surface area (Å²) in [6.45, 7) is 0.270. The number of halogens is 2. The van der Waals surface area contributed by atoms with Gasteiger partial charge in [0.15, 0.2) is 0 Å². The molecule has 0 aromatic heterocycles. The van der Waals surface area contributed by atoms with Gasteiger partial charge >= 0.3 is 0 Å². The van der Waals surface area contributed by atoms with E-state index >= 15 is 0 Å². The number of nitrogens with one attached hydrogen (secondary N) is 1. The summed E-state index contributed by atoms with van der Waals surface area (Å²) in [5.74, 6) is -0.998. The zero-order valence-corrected chi connectivity index (χ0v) is 14.7. The van der Waals surface area contributed by atoms with Gasteiger partial charge in [0.2, 0.25) is 15.9 Å². The third-order valence-corrected chi connectivity index (χ3v) is 6.28. The Hall–Kier alpha value is -1.96. The summed E-state index contributed by atoms with van der Waals surface area (Å²) >= 11 is 5.92. The summed E-state index contributed by atoms with van der Waals surface area (Å²) in [5, 5.41) is 2.65. The molecule has 1 N–H and O–H groups in total. The van der Waals surface area contributed by atoms with Crippen LogP contribution in [0.15, 0.2) is 53.4 Å². The molecule has 1 fully saturated rings. The van der Waals surface area contributed by atoms with Crippen LogP contribution in [-0.4, -0.2) is 31.2 Å². The third kappa shape index (κ3) is 3.68. The van der Waals surface area contributed by atoms with E-state index in [4.69, 9.17) is 11.6 Å². The van der Waals surface area contributed by atoms with E-state index in [9.17, 15) is 17.6 Å². The molecule has 1 unspecified atom stereocenters. The van der Waals surface area contributed by atoms with Gasteiger partial charge in [-0.2, -0.15) is 4.31 Å². The summed E-state index contributed by atoms with van der Waals surface area (Å²) < 4.78 is 39.9. The molecule has 1 aliphatic rings. The maximum absolute atomic E-state index is 13.1. The molecule has 0 aliphatic carbocycles. The average Bonchev–Trinajstić information content (AvgIpc) is 3.09. The summed E-state index contributed by atoms with van der Waals surface area (Å²) in [5.41, 5.74) is 0.247. The summed E-state index contributed by atoms with van der Waals surface area (Å²) in [7, 11) is -3.76. The minimum Gasteiger partial charge on any atom is -0.323 e. The number of hydrogen-bond donors (Lipinski definition) is 1. The highest BCUT2D eigenvalue weighted by Crippen LogP contribution is 2.28. The Morgan fingerprint density at radius 3 is 2.60 bits per heavy atom. The van der Waals surface area contributed by atoms with Crippen molar-refractivity contribution < 1.29 is 17.6 Å². The van der Waals surface area contributed by atoms with Crippen LogP contribution < -0.4 is 5.32 Å². The van der Waals surface area contributed by atoms with Gasteiger partial charge in [0.1, 0.15) is 11.9 Å². The van der Waals surface area contributed by atoms with Crippen LogP contribution in [0.25, 0.3) is 0 Å². The summed E-state index contributed by atoms with van der Waals surface area (Å²) in [6.07, 6.45) is 0.998. The largest absolute Gasteiger partial charge is 0.323 e. The first kappa shape index (κ1) is 17.8. The number of carbonyl (C=O) groups excluding carboxylic acids is 1. The van der Waals surface area contributed by atoms with Crippen molar-refractivity contribution in [1.82, 2.24) is 4.31 Å². The molecule has 0 bridgehead atoms. The fraction of sp³-hybridized carbons (Fsp3) is 0.235. The molecule has 1 saturated heterocycles. The predicted molar refractivity (Wildman–Crippen MR) is 93.4 cm³/mol. The van der Waals surface area contributed by atoms with Crippen molar-refractivity contribution in [1.29, 1.82) is 0 Å². The normalized spacial score (nSPS) is 18.2. The number of sulfonamides is 1. The second-order valence-corrected chi connectivity index (χ2v) is 8.00. The number of benzene rings is 2. The molecule has 0 spiro atoms. The number of carbonyl (C=O) groups is 1. The number of amides is 1. The molecule has 3 rings (SSSR count). The Labute approximate surface area is 150 Å². The van der Waals surface area contributed by atoms with E-state index in [0.717, 1.165) is 6.07 Å². The van der Waals surface area contributed by atoms with Gasteiger partial charge in [0.05, 0.1) is 15.6 Å². The Morgan fingerprint density at radius 1 is 1.20 bits per heavy atom. The summed E-state index contributed by atoms with van der Waals surface area (Å²) in [4.78, 5) is 12.7. The molecule has 2 aromatic rings. The number of anilines is 1. The molecule has 2 aromatic carbocycles. The van der Waals surface area contributed by atoms with Crippen molar-refractivity contribution in [2.45, 2.75) is 23.8 Å². The van der Waals surface area contributed by atoms with Gasteiger partial charge in [0, 0.05) is 6.54 Å². The van der Waals surface area contributed by atoms with E-state index in [1.54, 1.807) is 18.2 Å². The van der Waals surface area contributed by atoms with Gasteiger partial charge < -0.3 is 5.32 Å². The molecule has 8 heteroatoms. The molecule has 1 atom stereocenters. The molecule has 0 radical (unpaired) electrons. The molecular weight excluding hydrogens is 367 g/mol. The Morgan fingerprint density at radius 2 is 1.92 bits per heavy atom. The first-order valence-electron chi connectivity index (χ1n) is 7.72. The van der Waals surface area contributed by atoms with Gasteiger partial charge in [0.25, 0.3) is 0 Å². The van der Waals surface area contributed by atoms with E-state index < -0.39 is 27.8 Å².